The summed E-state index contributed by atoms with van der Waals surface area (Å²) in [6.07, 6.45) is 3.31. The van der Waals surface area contributed by atoms with Crippen molar-refractivity contribution in [3.63, 3.8) is 0 Å². The number of pyridine rings is 1. The Morgan fingerprint density at radius 2 is 1.72 bits per heavy atom. The number of aryl methyl sites for hydroxylation is 1. The van der Waals surface area contributed by atoms with E-state index in [0.717, 1.165) is 33.9 Å². The molecular formula is C19H20N6. The second kappa shape index (κ2) is 5.51. The van der Waals surface area contributed by atoms with Crippen molar-refractivity contribution in [3.8, 4) is 0 Å². The summed E-state index contributed by atoms with van der Waals surface area (Å²) in [6.45, 7) is 6.52. The number of benzene rings is 1. The van der Waals surface area contributed by atoms with Gasteiger partial charge >= 0.3 is 0 Å². The second-order valence-corrected chi connectivity index (χ2v) is 7.17. The van der Waals surface area contributed by atoms with Crippen molar-refractivity contribution < 1.29 is 0 Å². The van der Waals surface area contributed by atoms with Gasteiger partial charge in [-0.15, -0.1) is 0 Å². The fourth-order valence-corrected chi connectivity index (χ4v) is 3.02. The molecule has 0 saturated carbocycles. The molecule has 126 valence electrons. The molecule has 6 nitrogen and oxygen atoms in total. The van der Waals surface area contributed by atoms with Crippen molar-refractivity contribution in [2.45, 2.75) is 26.2 Å². The number of anilines is 2. The van der Waals surface area contributed by atoms with Crippen LogP contribution in [0.25, 0.3) is 22.2 Å². The third kappa shape index (κ3) is 2.80. The standard InChI is InChI=1S/C19H20N6/c1-19(2,3)18-23-14-11-12(5-7-15(14)25(18)4)22-16-8-6-13-17(24-16)21-10-9-20-13/h5-11H,1-4H3,(H,21,22,24). The molecule has 0 radical (unpaired) electrons. The zero-order chi connectivity index (χ0) is 17.6. The lowest BCUT2D eigenvalue weighted by Crippen LogP contribution is -2.17. The molecule has 0 amide bonds. The molecule has 0 spiro atoms. The summed E-state index contributed by atoms with van der Waals surface area (Å²) in [5, 5.41) is 3.33. The van der Waals surface area contributed by atoms with Crippen molar-refractivity contribution in [1.29, 1.82) is 0 Å². The van der Waals surface area contributed by atoms with E-state index in [1.54, 1.807) is 12.4 Å². The monoisotopic (exact) mass is 332 g/mol. The van der Waals surface area contributed by atoms with Gasteiger partial charge in [0.15, 0.2) is 5.65 Å². The summed E-state index contributed by atoms with van der Waals surface area (Å²) in [6, 6.07) is 9.99. The van der Waals surface area contributed by atoms with Crippen LogP contribution in [0.15, 0.2) is 42.7 Å². The van der Waals surface area contributed by atoms with Gasteiger partial charge in [-0.3, -0.25) is 4.98 Å². The number of fused-ring (bicyclic) bond motifs is 2. The molecule has 0 aliphatic carbocycles. The Morgan fingerprint density at radius 1 is 0.920 bits per heavy atom. The summed E-state index contributed by atoms with van der Waals surface area (Å²) >= 11 is 0. The van der Waals surface area contributed by atoms with Gasteiger partial charge in [-0.2, -0.15) is 0 Å². The van der Waals surface area contributed by atoms with Crippen LogP contribution in [0, 0.1) is 0 Å². The average Bonchev–Trinajstić information content (AvgIpc) is 2.91. The summed E-state index contributed by atoms with van der Waals surface area (Å²) in [5.41, 5.74) is 4.44. The van der Waals surface area contributed by atoms with Gasteiger partial charge in [0.2, 0.25) is 0 Å². The van der Waals surface area contributed by atoms with Crippen LogP contribution in [-0.4, -0.2) is 24.5 Å². The molecule has 0 unspecified atom stereocenters. The van der Waals surface area contributed by atoms with Gasteiger partial charge in [-0.05, 0) is 30.3 Å². The Labute approximate surface area is 146 Å². The van der Waals surface area contributed by atoms with Crippen molar-refractivity contribution >= 4 is 33.7 Å². The molecule has 3 aromatic heterocycles. The summed E-state index contributed by atoms with van der Waals surface area (Å²) in [5.74, 6) is 1.80. The van der Waals surface area contributed by atoms with E-state index in [-0.39, 0.29) is 5.41 Å². The first kappa shape index (κ1) is 15.5. The molecule has 0 aliphatic heterocycles. The fraction of sp³-hybridized carbons (Fsp3) is 0.263. The Hall–Kier alpha value is -3.02. The summed E-state index contributed by atoms with van der Waals surface area (Å²) < 4.78 is 2.16. The van der Waals surface area contributed by atoms with E-state index in [4.69, 9.17) is 4.98 Å². The summed E-state index contributed by atoms with van der Waals surface area (Å²) in [4.78, 5) is 17.8. The van der Waals surface area contributed by atoms with E-state index < -0.39 is 0 Å². The van der Waals surface area contributed by atoms with E-state index in [1.165, 1.54) is 0 Å². The topological polar surface area (TPSA) is 68.5 Å². The number of rotatable bonds is 2. The first-order valence-electron chi connectivity index (χ1n) is 8.23. The molecule has 3 heterocycles. The van der Waals surface area contributed by atoms with E-state index in [1.807, 2.05) is 24.3 Å². The molecule has 1 aromatic carbocycles. The number of nitrogens with zero attached hydrogens (tertiary/aromatic N) is 5. The third-order valence-electron chi connectivity index (χ3n) is 4.16. The lowest BCUT2D eigenvalue weighted by atomic mass is 9.96. The number of hydrogen-bond acceptors (Lipinski definition) is 5. The van der Waals surface area contributed by atoms with Gasteiger partial charge in [0, 0.05) is 30.5 Å². The molecule has 0 bridgehead atoms. The zero-order valence-corrected chi connectivity index (χ0v) is 14.8. The summed E-state index contributed by atoms with van der Waals surface area (Å²) in [7, 11) is 2.06. The van der Waals surface area contributed by atoms with E-state index >= 15 is 0 Å². The van der Waals surface area contributed by atoms with E-state index in [9.17, 15) is 0 Å². The highest BCUT2D eigenvalue weighted by molar-refractivity contribution is 5.82. The fourth-order valence-electron chi connectivity index (χ4n) is 3.02. The molecule has 0 aliphatic rings. The Kier molecular flexibility index (Phi) is 3.42. The molecule has 1 N–H and O–H groups in total. The Bertz CT molecular complexity index is 1070. The Balaban J connectivity index is 1.71. The van der Waals surface area contributed by atoms with Gasteiger partial charge in [-0.1, -0.05) is 20.8 Å². The van der Waals surface area contributed by atoms with Gasteiger partial charge in [0.05, 0.1) is 11.0 Å². The maximum absolute atomic E-state index is 4.82. The maximum Gasteiger partial charge on any atom is 0.180 e. The maximum atomic E-state index is 4.82. The van der Waals surface area contributed by atoms with Crippen molar-refractivity contribution in [2.75, 3.05) is 5.32 Å². The minimum atomic E-state index is -0.0000670. The van der Waals surface area contributed by atoms with E-state index in [0.29, 0.717) is 5.65 Å². The zero-order valence-electron chi connectivity index (χ0n) is 14.8. The normalized spacial score (nSPS) is 12.0. The van der Waals surface area contributed by atoms with Crippen LogP contribution >= 0.6 is 0 Å². The largest absolute Gasteiger partial charge is 0.340 e. The van der Waals surface area contributed by atoms with Crippen LogP contribution in [-0.2, 0) is 12.5 Å². The van der Waals surface area contributed by atoms with Crippen LogP contribution in [0.1, 0.15) is 26.6 Å². The highest BCUT2D eigenvalue weighted by atomic mass is 15.1. The van der Waals surface area contributed by atoms with Crippen LogP contribution in [0.2, 0.25) is 0 Å². The van der Waals surface area contributed by atoms with Gasteiger partial charge in [0.1, 0.15) is 17.2 Å². The van der Waals surface area contributed by atoms with Crippen LogP contribution in [0.3, 0.4) is 0 Å². The average molecular weight is 332 g/mol. The highest BCUT2D eigenvalue weighted by Crippen LogP contribution is 2.27. The predicted octanol–water partition coefficient (Wildman–Crippen LogP) is 3.95. The molecule has 4 rings (SSSR count). The van der Waals surface area contributed by atoms with Gasteiger partial charge in [-0.25, -0.2) is 15.0 Å². The first-order valence-corrected chi connectivity index (χ1v) is 8.23. The molecule has 0 atom stereocenters. The van der Waals surface area contributed by atoms with Crippen LogP contribution < -0.4 is 5.32 Å². The molecule has 0 saturated heterocycles. The van der Waals surface area contributed by atoms with Crippen molar-refractivity contribution in [3.05, 3.63) is 48.5 Å². The predicted molar refractivity (Wildman–Crippen MR) is 100 cm³/mol. The minimum Gasteiger partial charge on any atom is -0.340 e. The first-order chi connectivity index (χ1) is 11.9. The molecule has 4 aromatic rings. The third-order valence-corrected chi connectivity index (χ3v) is 4.16. The minimum absolute atomic E-state index is 0.0000670. The number of imidazole rings is 1. The van der Waals surface area contributed by atoms with Crippen LogP contribution in [0.5, 0.6) is 0 Å². The molecule has 6 heteroatoms. The molecule has 25 heavy (non-hydrogen) atoms. The Morgan fingerprint density at radius 3 is 2.52 bits per heavy atom. The van der Waals surface area contributed by atoms with Crippen LogP contribution in [0.4, 0.5) is 11.5 Å². The number of hydrogen-bond donors (Lipinski definition) is 1. The van der Waals surface area contributed by atoms with Gasteiger partial charge in [0.25, 0.3) is 0 Å². The number of aromatic nitrogens is 5. The molecular weight excluding hydrogens is 312 g/mol. The van der Waals surface area contributed by atoms with Crippen molar-refractivity contribution in [1.82, 2.24) is 24.5 Å². The SMILES string of the molecule is Cn1c(C(C)(C)C)nc2cc(Nc3ccc4nccnc4n3)ccc21. The lowest BCUT2D eigenvalue weighted by molar-refractivity contribution is 0.526. The molecule has 0 fully saturated rings. The second-order valence-electron chi connectivity index (χ2n) is 7.17. The van der Waals surface area contributed by atoms with Gasteiger partial charge < -0.3 is 9.88 Å². The quantitative estimate of drug-likeness (QED) is 0.602. The smallest absolute Gasteiger partial charge is 0.180 e. The van der Waals surface area contributed by atoms with E-state index in [2.05, 4.69) is 58.7 Å². The highest BCUT2D eigenvalue weighted by Gasteiger charge is 2.21. The number of nitrogens with one attached hydrogen (secondary N) is 1. The van der Waals surface area contributed by atoms with Crippen molar-refractivity contribution in [2.24, 2.45) is 7.05 Å². The lowest BCUT2D eigenvalue weighted by Gasteiger charge is -2.17.